The summed E-state index contributed by atoms with van der Waals surface area (Å²) >= 11 is 0. The maximum absolute atomic E-state index is 5.44. The minimum atomic E-state index is 0. The van der Waals surface area contributed by atoms with E-state index < -0.39 is 0 Å². The minimum absolute atomic E-state index is 0. The van der Waals surface area contributed by atoms with Gasteiger partial charge in [0, 0.05) is 18.4 Å². The normalized spacial score (nSPS) is 19.8. The van der Waals surface area contributed by atoms with E-state index in [1.807, 2.05) is 0 Å². The van der Waals surface area contributed by atoms with E-state index in [9.17, 15) is 0 Å². The zero-order valence-electron chi connectivity index (χ0n) is 13.1. The molecule has 0 aromatic heterocycles. The minimum Gasteiger partial charge on any atom is -1.00 e. The summed E-state index contributed by atoms with van der Waals surface area (Å²) in [6.07, 6.45) is 3.47. The van der Waals surface area contributed by atoms with Crippen molar-refractivity contribution >= 4 is 0 Å². The predicted octanol–water partition coefficient (Wildman–Crippen LogP) is -0.553. The topological polar surface area (TPSA) is 35.1 Å². The van der Waals surface area contributed by atoms with E-state index in [2.05, 4.69) is 38.2 Å². The largest absolute Gasteiger partial charge is 1.00 e. The van der Waals surface area contributed by atoms with Crippen LogP contribution in [0.15, 0.2) is 12.1 Å². The monoisotopic (exact) mass is 391 g/mol. The van der Waals surface area contributed by atoms with E-state index in [0.29, 0.717) is 6.04 Å². The van der Waals surface area contributed by atoms with Gasteiger partial charge in [0.1, 0.15) is 6.04 Å². The van der Waals surface area contributed by atoms with Gasteiger partial charge in [0.25, 0.3) is 0 Å². The van der Waals surface area contributed by atoms with Crippen LogP contribution in [-0.4, -0.2) is 19.8 Å². The number of ether oxygens (including phenoxy) is 2. The van der Waals surface area contributed by atoms with Gasteiger partial charge in [-0.15, -0.1) is 0 Å². The van der Waals surface area contributed by atoms with E-state index in [-0.39, 0.29) is 29.5 Å². The van der Waals surface area contributed by atoms with Crippen LogP contribution < -0.4 is 38.8 Å². The molecule has 1 aromatic carbocycles. The van der Waals surface area contributed by atoms with Gasteiger partial charge in [-0.1, -0.05) is 13.3 Å². The van der Waals surface area contributed by atoms with Gasteiger partial charge in [-0.05, 0) is 31.5 Å². The Bertz CT molecular complexity index is 460. The van der Waals surface area contributed by atoms with E-state index >= 15 is 0 Å². The number of rotatable bonds is 4. The van der Waals surface area contributed by atoms with Crippen LogP contribution in [0.1, 0.15) is 50.8 Å². The molecular weight excluding hydrogens is 365 g/mol. The number of quaternary nitrogens is 1. The fourth-order valence-electron chi connectivity index (χ4n) is 3.17. The van der Waals surface area contributed by atoms with Crippen LogP contribution in [0.2, 0.25) is 0 Å². The van der Waals surface area contributed by atoms with Crippen LogP contribution in [0.3, 0.4) is 0 Å². The molecule has 2 rings (SSSR count). The number of nitrogens with two attached hydrogens (primary N) is 1. The average molecular weight is 391 g/mol. The van der Waals surface area contributed by atoms with Crippen molar-refractivity contribution in [2.45, 2.75) is 51.6 Å². The number of hydrogen-bond acceptors (Lipinski definition) is 2. The number of benzene rings is 1. The zero-order chi connectivity index (χ0) is 14.0. The van der Waals surface area contributed by atoms with Crippen molar-refractivity contribution < 1.29 is 38.8 Å². The molecule has 0 radical (unpaired) electrons. The first-order valence-electron chi connectivity index (χ1n) is 7.11. The summed E-state index contributed by atoms with van der Waals surface area (Å²) in [6.45, 7) is 6.88. The molecule has 1 aliphatic heterocycles. The highest BCUT2D eigenvalue weighted by molar-refractivity contribution is 5.49. The molecule has 0 saturated heterocycles. The van der Waals surface area contributed by atoms with E-state index in [4.69, 9.17) is 9.47 Å². The van der Waals surface area contributed by atoms with Crippen LogP contribution >= 0.6 is 0 Å². The Hall–Kier alpha value is -0.490. The summed E-state index contributed by atoms with van der Waals surface area (Å²) in [4.78, 5) is 0. The van der Waals surface area contributed by atoms with E-state index in [1.165, 1.54) is 24.0 Å². The Balaban J connectivity index is 0.00000200. The van der Waals surface area contributed by atoms with Crippen LogP contribution in [0, 0.1) is 0 Å². The highest BCUT2D eigenvalue weighted by atomic mass is 127. The summed E-state index contributed by atoms with van der Waals surface area (Å²) in [5.41, 5.74) is 3.08. The second kappa shape index (κ2) is 6.98. The molecule has 1 aromatic rings. The fourth-order valence-corrected chi connectivity index (χ4v) is 3.17. The Morgan fingerprint density at radius 1 is 1.20 bits per heavy atom. The third-order valence-electron chi connectivity index (χ3n) is 3.94. The summed E-state index contributed by atoms with van der Waals surface area (Å²) in [6, 6.07) is 4.86. The van der Waals surface area contributed by atoms with Gasteiger partial charge in [0.05, 0.1) is 19.8 Å². The van der Waals surface area contributed by atoms with Gasteiger partial charge >= 0.3 is 0 Å². The molecule has 3 nitrogen and oxygen atoms in total. The number of hydrogen-bond donors (Lipinski definition) is 1. The molecule has 1 atom stereocenters. The lowest BCUT2D eigenvalue weighted by Crippen LogP contribution is -3.00. The lowest BCUT2D eigenvalue weighted by Gasteiger charge is -2.35. The Morgan fingerprint density at radius 2 is 1.80 bits per heavy atom. The quantitative estimate of drug-likeness (QED) is 0.700. The third-order valence-corrected chi connectivity index (χ3v) is 3.94. The number of halogens is 1. The van der Waals surface area contributed by atoms with E-state index in [1.54, 1.807) is 14.2 Å². The molecule has 20 heavy (non-hydrogen) atoms. The molecule has 0 aliphatic carbocycles. The van der Waals surface area contributed by atoms with Crippen molar-refractivity contribution in [3.8, 4) is 11.5 Å². The molecule has 1 unspecified atom stereocenters. The number of methoxy groups -OCH3 is 2. The van der Waals surface area contributed by atoms with E-state index in [0.717, 1.165) is 17.9 Å². The molecule has 0 spiro atoms. The van der Waals surface area contributed by atoms with Gasteiger partial charge in [0.15, 0.2) is 11.5 Å². The first-order valence-corrected chi connectivity index (χ1v) is 7.11. The molecule has 0 saturated carbocycles. The summed E-state index contributed by atoms with van der Waals surface area (Å²) in [5.74, 6) is 1.68. The first-order chi connectivity index (χ1) is 9.00. The summed E-state index contributed by atoms with van der Waals surface area (Å²) in [5, 5.41) is 2.50. The highest BCUT2D eigenvalue weighted by Gasteiger charge is 2.35. The molecule has 4 heteroatoms. The maximum atomic E-state index is 5.44. The van der Waals surface area contributed by atoms with Crippen molar-refractivity contribution in [3.63, 3.8) is 0 Å². The molecule has 1 aliphatic rings. The van der Waals surface area contributed by atoms with Crippen molar-refractivity contribution in [2.75, 3.05) is 14.2 Å². The van der Waals surface area contributed by atoms with Crippen LogP contribution in [0.5, 0.6) is 11.5 Å². The van der Waals surface area contributed by atoms with Crippen molar-refractivity contribution in [2.24, 2.45) is 0 Å². The van der Waals surface area contributed by atoms with Crippen LogP contribution in [0.4, 0.5) is 0 Å². The predicted molar refractivity (Wildman–Crippen MR) is 76.9 cm³/mol. The van der Waals surface area contributed by atoms with Crippen molar-refractivity contribution in [1.29, 1.82) is 0 Å². The molecule has 2 N–H and O–H groups in total. The zero-order valence-corrected chi connectivity index (χ0v) is 15.3. The van der Waals surface area contributed by atoms with Gasteiger partial charge in [0.2, 0.25) is 0 Å². The number of fused-ring (bicyclic) bond motifs is 1. The third kappa shape index (κ3) is 3.58. The van der Waals surface area contributed by atoms with Gasteiger partial charge in [-0.3, -0.25) is 0 Å². The smallest absolute Gasteiger partial charge is 0.161 e. The van der Waals surface area contributed by atoms with Crippen LogP contribution in [0.25, 0.3) is 0 Å². The molecule has 1 heterocycles. The first kappa shape index (κ1) is 17.6. The fraction of sp³-hybridized carbons (Fsp3) is 0.625. The lowest BCUT2D eigenvalue weighted by atomic mass is 9.82. The molecule has 114 valence electrons. The Labute approximate surface area is 139 Å². The van der Waals surface area contributed by atoms with Gasteiger partial charge in [-0.25, -0.2) is 0 Å². The molecular formula is C16H26INO2. The summed E-state index contributed by atoms with van der Waals surface area (Å²) < 4.78 is 10.9. The average Bonchev–Trinajstić information content (AvgIpc) is 2.36. The van der Waals surface area contributed by atoms with Gasteiger partial charge in [-0.2, -0.15) is 0 Å². The molecule has 0 bridgehead atoms. The molecule has 0 fully saturated rings. The van der Waals surface area contributed by atoms with Gasteiger partial charge < -0.3 is 38.8 Å². The van der Waals surface area contributed by atoms with Crippen molar-refractivity contribution in [1.82, 2.24) is 0 Å². The lowest BCUT2D eigenvalue weighted by molar-refractivity contribution is -0.761. The van der Waals surface area contributed by atoms with Crippen molar-refractivity contribution in [3.05, 3.63) is 23.3 Å². The standard InChI is InChI=1S/C16H25NO2.HI/c1-6-7-13-12-9-15(19-5)14(18-4)8-11(12)10-16(2,3)17-13;/h8-9,13,17H,6-7,10H2,1-5H3;1H. The SMILES string of the molecule is CCCC1[NH2+]C(C)(C)Cc2cc(OC)c(OC)cc21.[I-]. The highest BCUT2D eigenvalue weighted by Crippen LogP contribution is 2.36. The summed E-state index contributed by atoms with van der Waals surface area (Å²) in [7, 11) is 3.41. The Morgan fingerprint density at radius 3 is 2.35 bits per heavy atom. The maximum Gasteiger partial charge on any atom is 0.161 e. The second-order valence-corrected chi connectivity index (χ2v) is 6.13. The van der Waals surface area contributed by atoms with Crippen LogP contribution in [-0.2, 0) is 6.42 Å². The molecule has 0 amide bonds. The Kier molecular flexibility index (Phi) is 6.13. The second-order valence-electron chi connectivity index (χ2n) is 6.13.